The van der Waals surface area contributed by atoms with Gasteiger partial charge in [0, 0.05) is 13.5 Å². The minimum absolute atomic E-state index is 0.111. The van der Waals surface area contributed by atoms with Gasteiger partial charge in [-0.2, -0.15) is 0 Å². The van der Waals surface area contributed by atoms with Gasteiger partial charge in [0.05, 0.1) is 32.0 Å². The fourth-order valence-corrected chi connectivity index (χ4v) is 1.92. The molecule has 0 bridgehead atoms. The molecule has 1 aliphatic heterocycles. The number of aliphatic hydroxyl groups excluding tert-OH is 1. The molecule has 1 amide bonds. The maximum Gasteiger partial charge on any atom is 0.222 e. The van der Waals surface area contributed by atoms with Crippen LogP contribution in [0.4, 0.5) is 0 Å². The molecule has 0 aliphatic carbocycles. The first-order chi connectivity index (χ1) is 8.76. The molecule has 0 radical (unpaired) electrons. The summed E-state index contributed by atoms with van der Waals surface area (Å²) >= 11 is 0. The number of methoxy groups -OCH3 is 1. The number of aliphatic hydroxyl groups is 1. The molecule has 1 fully saturated rings. The van der Waals surface area contributed by atoms with E-state index in [1.165, 1.54) is 7.11 Å². The standard InChI is InChI=1S/C12H24N2O4/c1-17-9-10(8-15)14-12(16)4-7-18-11-2-5-13-6-3-11/h10-11,13,15H,2-9H2,1H3,(H,14,16). The molecule has 18 heavy (non-hydrogen) atoms. The van der Waals surface area contributed by atoms with E-state index in [-0.39, 0.29) is 24.7 Å². The second-order valence-corrected chi connectivity index (χ2v) is 4.47. The van der Waals surface area contributed by atoms with Crippen LogP contribution in [0.1, 0.15) is 19.3 Å². The van der Waals surface area contributed by atoms with E-state index in [2.05, 4.69) is 10.6 Å². The fraction of sp³-hybridized carbons (Fsp3) is 0.917. The molecule has 1 heterocycles. The third-order valence-electron chi connectivity index (χ3n) is 2.92. The second-order valence-electron chi connectivity index (χ2n) is 4.47. The van der Waals surface area contributed by atoms with E-state index < -0.39 is 0 Å². The summed E-state index contributed by atoms with van der Waals surface area (Å²) in [6.07, 6.45) is 2.60. The number of hydrogen-bond donors (Lipinski definition) is 3. The highest BCUT2D eigenvalue weighted by atomic mass is 16.5. The lowest BCUT2D eigenvalue weighted by Crippen LogP contribution is -2.41. The van der Waals surface area contributed by atoms with E-state index >= 15 is 0 Å². The summed E-state index contributed by atoms with van der Waals surface area (Å²) in [5.41, 5.74) is 0. The van der Waals surface area contributed by atoms with Gasteiger partial charge in [-0.15, -0.1) is 0 Å². The second kappa shape index (κ2) is 9.27. The molecule has 3 N–H and O–H groups in total. The third kappa shape index (κ3) is 6.30. The summed E-state index contributed by atoms with van der Waals surface area (Å²) in [7, 11) is 1.54. The van der Waals surface area contributed by atoms with Gasteiger partial charge < -0.3 is 25.2 Å². The molecule has 0 aromatic heterocycles. The zero-order valence-electron chi connectivity index (χ0n) is 11.0. The van der Waals surface area contributed by atoms with Crippen molar-refractivity contribution in [3.05, 3.63) is 0 Å². The van der Waals surface area contributed by atoms with Crippen LogP contribution in [0.25, 0.3) is 0 Å². The van der Waals surface area contributed by atoms with Gasteiger partial charge in [-0.1, -0.05) is 0 Å². The molecule has 106 valence electrons. The number of ether oxygens (including phenoxy) is 2. The number of carbonyl (C=O) groups is 1. The highest BCUT2D eigenvalue weighted by molar-refractivity contribution is 5.76. The Labute approximate surface area is 108 Å². The van der Waals surface area contributed by atoms with Gasteiger partial charge in [-0.25, -0.2) is 0 Å². The highest BCUT2D eigenvalue weighted by Crippen LogP contribution is 2.07. The summed E-state index contributed by atoms with van der Waals surface area (Å²) in [4.78, 5) is 11.6. The topological polar surface area (TPSA) is 79.8 Å². The Kier molecular flexibility index (Phi) is 7.91. The molecule has 6 nitrogen and oxygen atoms in total. The minimum atomic E-state index is -0.332. The molecular formula is C12H24N2O4. The normalized spacial score (nSPS) is 18.6. The van der Waals surface area contributed by atoms with Crippen LogP contribution in [0.15, 0.2) is 0 Å². The molecule has 1 saturated heterocycles. The highest BCUT2D eigenvalue weighted by Gasteiger charge is 2.15. The summed E-state index contributed by atoms with van der Waals surface area (Å²) in [6, 6.07) is -0.332. The summed E-state index contributed by atoms with van der Waals surface area (Å²) in [5.74, 6) is -0.111. The molecule has 0 aromatic carbocycles. The van der Waals surface area contributed by atoms with E-state index in [1.807, 2.05) is 0 Å². The first kappa shape index (κ1) is 15.4. The molecule has 1 aliphatic rings. The van der Waals surface area contributed by atoms with Crippen LogP contribution in [0.3, 0.4) is 0 Å². The molecular weight excluding hydrogens is 236 g/mol. The van der Waals surface area contributed by atoms with Crippen LogP contribution >= 0.6 is 0 Å². The molecule has 1 rings (SSSR count). The Morgan fingerprint density at radius 1 is 1.50 bits per heavy atom. The first-order valence-corrected chi connectivity index (χ1v) is 6.47. The van der Waals surface area contributed by atoms with Crippen LogP contribution in [-0.4, -0.2) is 63.2 Å². The largest absolute Gasteiger partial charge is 0.394 e. The van der Waals surface area contributed by atoms with Crippen LogP contribution in [0, 0.1) is 0 Å². The number of nitrogens with one attached hydrogen (secondary N) is 2. The number of rotatable bonds is 8. The van der Waals surface area contributed by atoms with Gasteiger partial charge in [0.25, 0.3) is 0 Å². The van der Waals surface area contributed by atoms with Crippen molar-refractivity contribution in [3.8, 4) is 0 Å². The van der Waals surface area contributed by atoms with Crippen molar-refractivity contribution in [2.75, 3.05) is 40.0 Å². The smallest absolute Gasteiger partial charge is 0.222 e. The summed E-state index contributed by atoms with van der Waals surface area (Å²) < 4.78 is 10.5. The molecule has 0 spiro atoms. The minimum Gasteiger partial charge on any atom is -0.394 e. The quantitative estimate of drug-likeness (QED) is 0.536. The van der Waals surface area contributed by atoms with Crippen LogP contribution < -0.4 is 10.6 Å². The number of amides is 1. The van der Waals surface area contributed by atoms with Gasteiger partial charge in [0.1, 0.15) is 0 Å². The van der Waals surface area contributed by atoms with Crippen LogP contribution in [-0.2, 0) is 14.3 Å². The maximum atomic E-state index is 11.6. The van der Waals surface area contributed by atoms with E-state index in [1.54, 1.807) is 0 Å². The Morgan fingerprint density at radius 2 is 2.22 bits per heavy atom. The zero-order chi connectivity index (χ0) is 13.2. The SMILES string of the molecule is COCC(CO)NC(=O)CCOC1CCNCC1. The van der Waals surface area contributed by atoms with Crippen molar-refractivity contribution < 1.29 is 19.4 Å². The lowest BCUT2D eigenvalue weighted by atomic mass is 10.1. The monoisotopic (exact) mass is 260 g/mol. The van der Waals surface area contributed by atoms with Gasteiger partial charge in [0.2, 0.25) is 5.91 Å². The summed E-state index contributed by atoms with van der Waals surface area (Å²) in [5, 5.41) is 15.0. The Balaban J connectivity index is 2.08. The van der Waals surface area contributed by atoms with Gasteiger partial charge in [0.15, 0.2) is 0 Å². The van der Waals surface area contributed by atoms with Crippen molar-refractivity contribution in [3.63, 3.8) is 0 Å². The van der Waals surface area contributed by atoms with E-state index in [9.17, 15) is 4.79 Å². The average Bonchev–Trinajstić information content (AvgIpc) is 2.39. The predicted molar refractivity (Wildman–Crippen MR) is 67.4 cm³/mol. The Bertz CT molecular complexity index is 232. The predicted octanol–water partition coefficient (Wildman–Crippen LogP) is -0.731. The lowest BCUT2D eigenvalue weighted by molar-refractivity contribution is -0.124. The number of piperidine rings is 1. The van der Waals surface area contributed by atoms with Gasteiger partial charge >= 0.3 is 0 Å². The fourth-order valence-electron chi connectivity index (χ4n) is 1.92. The van der Waals surface area contributed by atoms with E-state index in [0.717, 1.165) is 25.9 Å². The Morgan fingerprint density at radius 3 is 2.83 bits per heavy atom. The molecule has 1 atom stereocenters. The molecule has 0 saturated carbocycles. The van der Waals surface area contributed by atoms with E-state index in [0.29, 0.717) is 19.6 Å². The maximum absolute atomic E-state index is 11.6. The van der Waals surface area contributed by atoms with Crippen molar-refractivity contribution in [1.82, 2.24) is 10.6 Å². The summed E-state index contributed by atoms with van der Waals surface area (Å²) in [6.45, 7) is 2.60. The zero-order valence-corrected chi connectivity index (χ0v) is 11.0. The van der Waals surface area contributed by atoms with Gasteiger partial charge in [-0.3, -0.25) is 4.79 Å². The molecule has 6 heteroatoms. The Hall–Kier alpha value is -0.690. The number of carbonyl (C=O) groups excluding carboxylic acids is 1. The number of hydrogen-bond acceptors (Lipinski definition) is 5. The lowest BCUT2D eigenvalue weighted by Gasteiger charge is -2.23. The van der Waals surface area contributed by atoms with Crippen molar-refractivity contribution in [2.45, 2.75) is 31.4 Å². The van der Waals surface area contributed by atoms with E-state index in [4.69, 9.17) is 14.6 Å². The van der Waals surface area contributed by atoms with Crippen LogP contribution in [0.5, 0.6) is 0 Å². The van der Waals surface area contributed by atoms with Crippen molar-refractivity contribution >= 4 is 5.91 Å². The van der Waals surface area contributed by atoms with Crippen molar-refractivity contribution in [1.29, 1.82) is 0 Å². The third-order valence-corrected chi connectivity index (χ3v) is 2.92. The van der Waals surface area contributed by atoms with Crippen molar-refractivity contribution in [2.24, 2.45) is 0 Å². The van der Waals surface area contributed by atoms with Gasteiger partial charge in [-0.05, 0) is 25.9 Å². The molecule has 1 unspecified atom stereocenters. The average molecular weight is 260 g/mol. The first-order valence-electron chi connectivity index (χ1n) is 6.47. The van der Waals surface area contributed by atoms with Crippen LogP contribution in [0.2, 0.25) is 0 Å². The molecule has 0 aromatic rings.